The van der Waals surface area contributed by atoms with E-state index in [2.05, 4.69) is 0 Å². The normalized spacial score (nSPS) is 17.6. The lowest BCUT2D eigenvalue weighted by atomic mass is 10.1. The zero-order valence-electron chi connectivity index (χ0n) is 11.7. The van der Waals surface area contributed by atoms with Crippen LogP contribution in [-0.2, 0) is 37.2 Å². The standard InChI is InChI=1S/C15H20O4S/c1-18-15(16)10-12-4-2-3-5-13(12)11-20(17)14-6-8-19-9-7-14/h2-5,14H,6-11H2,1H3. The van der Waals surface area contributed by atoms with Crippen molar-refractivity contribution in [3.8, 4) is 0 Å². The van der Waals surface area contributed by atoms with E-state index in [-0.39, 0.29) is 17.6 Å². The van der Waals surface area contributed by atoms with Crippen LogP contribution in [0.5, 0.6) is 0 Å². The van der Waals surface area contributed by atoms with E-state index in [0.29, 0.717) is 19.0 Å². The van der Waals surface area contributed by atoms with Crippen LogP contribution < -0.4 is 0 Å². The van der Waals surface area contributed by atoms with Crippen LogP contribution >= 0.6 is 0 Å². The minimum atomic E-state index is -0.917. The molecule has 0 radical (unpaired) electrons. The van der Waals surface area contributed by atoms with Crippen molar-refractivity contribution < 1.29 is 18.5 Å². The van der Waals surface area contributed by atoms with Gasteiger partial charge in [0.1, 0.15) is 0 Å². The fourth-order valence-corrected chi connectivity index (χ4v) is 3.85. The first-order valence-electron chi connectivity index (χ1n) is 6.79. The molecule has 1 saturated heterocycles. The van der Waals surface area contributed by atoms with Crippen LogP contribution in [0.3, 0.4) is 0 Å². The minimum absolute atomic E-state index is 0.204. The summed E-state index contributed by atoms with van der Waals surface area (Å²) < 4.78 is 22.4. The molecule has 0 saturated carbocycles. The van der Waals surface area contributed by atoms with Gasteiger partial charge >= 0.3 is 5.97 Å². The van der Waals surface area contributed by atoms with Crippen LogP contribution in [0.15, 0.2) is 24.3 Å². The van der Waals surface area contributed by atoms with Crippen molar-refractivity contribution in [3.63, 3.8) is 0 Å². The van der Waals surface area contributed by atoms with Crippen molar-refractivity contribution >= 4 is 16.8 Å². The number of benzene rings is 1. The van der Waals surface area contributed by atoms with Crippen LogP contribution in [0.2, 0.25) is 0 Å². The third-order valence-corrected chi connectivity index (χ3v) is 5.33. The van der Waals surface area contributed by atoms with Gasteiger partial charge in [-0.15, -0.1) is 0 Å². The summed E-state index contributed by atoms with van der Waals surface area (Å²) in [5.74, 6) is 0.229. The molecular weight excluding hydrogens is 276 g/mol. The molecule has 1 aromatic carbocycles. The minimum Gasteiger partial charge on any atom is -0.469 e. The van der Waals surface area contributed by atoms with E-state index in [9.17, 15) is 9.00 Å². The van der Waals surface area contributed by atoms with Crippen LogP contribution in [0.25, 0.3) is 0 Å². The average molecular weight is 296 g/mol. The second kappa shape index (κ2) is 7.55. The van der Waals surface area contributed by atoms with Gasteiger partial charge in [-0.25, -0.2) is 0 Å². The lowest BCUT2D eigenvalue weighted by Crippen LogP contribution is -2.26. The van der Waals surface area contributed by atoms with Crippen molar-refractivity contribution in [2.75, 3.05) is 20.3 Å². The zero-order valence-corrected chi connectivity index (χ0v) is 12.5. The summed E-state index contributed by atoms with van der Waals surface area (Å²) in [6, 6.07) is 7.64. The Kier molecular flexibility index (Phi) is 5.73. The number of hydrogen-bond acceptors (Lipinski definition) is 4. The van der Waals surface area contributed by atoms with Gasteiger partial charge in [-0.2, -0.15) is 0 Å². The van der Waals surface area contributed by atoms with Crippen LogP contribution in [-0.4, -0.2) is 35.8 Å². The molecule has 5 heteroatoms. The van der Waals surface area contributed by atoms with Gasteiger partial charge in [0.2, 0.25) is 0 Å². The Morgan fingerprint density at radius 1 is 1.30 bits per heavy atom. The highest BCUT2D eigenvalue weighted by molar-refractivity contribution is 7.84. The predicted octanol–water partition coefficient (Wildman–Crippen LogP) is 1.83. The molecule has 0 aliphatic carbocycles. The van der Waals surface area contributed by atoms with Gasteiger partial charge in [0.05, 0.1) is 13.5 Å². The first kappa shape index (κ1) is 15.2. The molecule has 1 fully saturated rings. The summed E-state index contributed by atoms with van der Waals surface area (Å²) in [6.07, 6.45) is 1.94. The summed E-state index contributed by atoms with van der Waals surface area (Å²) in [4.78, 5) is 11.4. The van der Waals surface area contributed by atoms with Crippen molar-refractivity contribution in [1.29, 1.82) is 0 Å². The smallest absolute Gasteiger partial charge is 0.309 e. The Morgan fingerprint density at radius 3 is 2.60 bits per heavy atom. The van der Waals surface area contributed by atoms with Gasteiger partial charge in [0.15, 0.2) is 0 Å². The van der Waals surface area contributed by atoms with E-state index >= 15 is 0 Å². The molecule has 2 rings (SSSR count). The molecule has 1 unspecified atom stereocenters. The molecule has 0 bridgehead atoms. The summed E-state index contributed by atoms with van der Waals surface area (Å²) >= 11 is 0. The van der Waals surface area contributed by atoms with Crippen LogP contribution in [0, 0.1) is 0 Å². The Hall–Kier alpha value is -1.20. The van der Waals surface area contributed by atoms with Gasteiger partial charge in [0.25, 0.3) is 0 Å². The number of ether oxygens (including phenoxy) is 2. The second-order valence-electron chi connectivity index (χ2n) is 4.86. The molecule has 0 amide bonds. The maximum absolute atomic E-state index is 12.4. The van der Waals surface area contributed by atoms with Gasteiger partial charge in [-0.3, -0.25) is 9.00 Å². The Morgan fingerprint density at radius 2 is 1.95 bits per heavy atom. The first-order chi connectivity index (χ1) is 9.70. The molecule has 0 aromatic heterocycles. The number of methoxy groups -OCH3 is 1. The topological polar surface area (TPSA) is 52.6 Å². The lowest BCUT2D eigenvalue weighted by Gasteiger charge is -2.21. The summed E-state index contributed by atoms with van der Waals surface area (Å²) in [7, 11) is 0.463. The SMILES string of the molecule is COC(=O)Cc1ccccc1CS(=O)C1CCOCC1. The Balaban J connectivity index is 2.04. The molecule has 4 nitrogen and oxygen atoms in total. The number of carbonyl (C=O) groups excluding carboxylic acids is 1. The molecule has 0 spiro atoms. The van der Waals surface area contributed by atoms with Gasteiger partial charge in [-0.05, 0) is 24.0 Å². The maximum atomic E-state index is 12.4. The maximum Gasteiger partial charge on any atom is 0.309 e. The fourth-order valence-electron chi connectivity index (χ4n) is 2.31. The molecule has 1 aliphatic rings. The second-order valence-corrected chi connectivity index (χ2v) is 6.58. The summed E-state index contributed by atoms with van der Waals surface area (Å²) in [5, 5.41) is 0.204. The molecule has 1 atom stereocenters. The summed E-state index contributed by atoms with van der Waals surface area (Å²) in [6.45, 7) is 1.39. The van der Waals surface area contributed by atoms with Crippen molar-refractivity contribution in [1.82, 2.24) is 0 Å². The van der Waals surface area contributed by atoms with Gasteiger partial charge < -0.3 is 9.47 Å². The monoisotopic (exact) mass is 296 g/mol. The van der Waals surface area contributed by atoms with E-state index < -0.39 is 10.8 Å². The van der Waals surface area contributed by atoms with E-state index in [4.69, 9.17) is 9.47 Å². The molecule has 1 aliphatic heterocycles. The fraction of sp³-hybridized carbons (Fsp3) is 0.533. The molecule has 0 N–H and O–H groups in total. The first-order valence-corrected chi connectivity index (χ1v) is 8.17. The molecule has 1 aromatic rings. The molecular formula is C15H20O4S. The van der Waals surface area contributed by atoms with Crippen molar-refractivity contribution in [2.45, 2.75) is 30.3 Å². The zero-order chi connectivity index (χ0) is 14.4. The third kappa shape index (κ3) is 4.15. The van der Waals surface area contributed by atoms with Gasteiger partial charge in [0, 0.05) is 35.0 Å². The lowest BCUT2D eigenvalue weighted by molar-refractivity contribution is -0.139. The van der Waals surface area contributed by atoms with Crippen LogP contribution in [0.1, 0.15) is 24.0 Å². The van der Waals surface area contributed by atoms with Gasteiger partial charge in [-0.1, -0.05) is 24.3 Å². The highest BCUT2D eigenvalue weighted by Gasteiger charge is 2.21. The number of hydrogen-bond donors (Lipinski definition) is 0. The van der Waals surface area contributed by atoms with E-state index in [1.54, 1.807) is 0 Å². The third-order valence-electron chi connectivity index (χ3n) is 3.52. The largest absolute Gasteiger partial charge is 0.469 e. The Labute approximate surface area is 121 Å². The van der Waals surface area contributed by atoms with Crippen molar-refractivity contribution in [2.24, 2.45) is 0 Å². The van der Waals surface area contributed by atoms with Crippen LogP contribution in [0.4, 0.5) is 0 Å². The highest BCUT2D eigenvalue weighted by Crippen LogP contribution is 2.19. The van der Waals surface area contributed by atoms with E-state index in [1.807, 2.05) is 24.3 Å². The van der Waals surface area contributed by atoms with Crippen molar-refractivity contribution in [3.05, 3.63) is 35.4 Å². The number of carbonyl (C=O) groups is 1. The molecule has 1 heterocycles. The molecule has 20 heavy (non-hydrogen) atoms. The number of esters is 1. The predicted molar refractivity (Wildman–Crippen MR) is 77.8 cm³/mol. The van der Waals surface area contributed by atoms with E-state index in [1.165, 1.54) is 7.11 Å². The average Bonchev–Trinajstić information content (AvgIpc) is 2.50. The molecule has 110 valence electrons. The number of rotatable bonds is 5. The van der Waals surface area contributed by atoms with E-state index in [0.717, 1.165) is 24.0 Å². The summed E-state index contributed by atoms with van der Waals surface area (Å²) in [5.41, 5.74) is 1.88. The highest BCUT2D eigenvalue weighted by atomic mass is 32.2. The Bertz CT molecular complexity index is 481. The quantitative estimate of drug-likeness (QED) is 0.778.